The van der Waals surface area contributed by atoms with Gasteiger partial charge in [-0.15, -0.1) is 0 Å². The molecule has 0 unspecified atom stereocenters. The van der Waals surface area contributed by atoms with E-state index in [1.165, 1.54) is 0 Å². The fraction of sp³-hybridized carbons (Fsp3) is 0.0909. The van der Waals surface area contributed by atoms with Crippen LogP contribution in [-0.2, 0) is 11.2 Å². The lowest BCUT2D eigenvalue weighted by Crippen LogP contribution is -2.45. The third-order valence-electron chi connectivity index (χ3n) is 4.61. The Kier molecular flexibility index (Phi) is 4.65. The summed E-state index contributed by atoms with van der Waals surface area (Å²) in [6.45, 7) is 0. The lowest BCUT2D eigenvalue weighted by atomic mass is 10.1. The SMILES string of the molecule is O=C(Nc1cccc(Cl)c1)[C@@H]1Cc2ccccc2N1C(=O)c1ccccc1. The number of hydrogen-bond acceptors (Lipinski definition) is 2. The molecule has 27 heavy (non-hydrogen) atoms. The summed E-state index contributed by atoms with van der Waals surface area (Å²) in [6.07, 6.45) is 0.473. The maximum absolute atomic E-state index is 13.2. The summed E-state index contributed by atoms with van der Waals surface area (Å²) in [7, 11) is 0. The molecule has 2 amide bonds. The highest BCUT2D eigenvalue weighted by Crippen LogP contribution is 2.34. The number of para-hydroxylation sites is 1. The maximum Gasteiger partial charge on any atom is 0.259 e. The minimum Gasteiger partial charge on any atom is -0.324 e. The number of hydrogen-bond donors (Lipinski definition) is 1. The summed E-state index contributed by atoms with van der Waals surface area (Å²) in [5.74, 6) is -0.426. The molecule has 0 aromatic heterocycles. The monoisotopic (exact) mass is 376 g/mol. The van der Waals surface area contributed by atoms with Crippen LogP contribution in [0, 0.1) is 0 Å². The molecule has 0 saturated carbocycles. The molecule has 0 aliphatic carbocycles. The summed E-state index contributed by atoms with van der Waals surface area (Å²) in [5, 5.41) is 3.42. The molecule has 3 aromatic rings. The summed E-state index contributed by atoms with van der Waals surface area (Å²) in [6, 6.07) is 23.0. The second-order valence-corrected chi connectivity index (χ2v) is 6.83. The Bertz CT molecular complexity index is 1000. The number of fused-ring (bicyclic) bond motifs is 1. The van der Waals surface area contributed by atoms with Gasteiger partial charge >= 0.3 is 0 Å². The largest absolute Gasteiger partial charge is 0.324 e. The van der Waals surface area contributed by atoms with Crippen molar-refractivity contribution in [2.75, 3.05) is 10.2 Å². The van der Waals surface area contributed by atoms with Crippen molar-refractivity contribution >= 4 is 34.8 Å². The van der Waals surface area contributed by atoms with Crippen molar-refractivity contribution in [3.63, 3.8) is 0 Å². The van der Waals surface area contributed by atoms with E-state index in [2.05, 4.69) is 5.32 Å². The van der Waals surface area contributed by atoms with E-state index in [4.69, 9.17) is 11.6 Å². The summed E-state index contributed by atoms with van der Waals surface area (Å²) < 4.78 is 0. The van der Waals surface area contributed by atoms with E-state index < -0.39 is 6.04 Å². The van der Waals surface area contributed by atoms with Crippen LogP contribution in [0.1, 0.15) is 15.9 Å². The molecule has 0 bridgehead atoms. The molecule has 1 aliphatic heterocycles. The van der Waals surface area contributed by atoms with Gasteiger partial charge in [-0.2, -0.15) is 0 Å². The molecule has 3 aromatic carbocycles. The summed E-state index contributed by atoms with van der Waals surface area (Å²) in [4.78, 5) is 27.7. The Morgan fingerprint density at radius 1 is 0.926 bits per heavy atom. The van der Waals surface area contributed by atoms with E-state index in [1.54, 1.807) is 41.3 Å². The average molecular weight is 377 g/mol. The smallest absolute Gasteiger partial charge is 0.259 e. The molecule has 0 radical (unpaired) electrons. The zero-order valence-corrected chi connectivity index (χ0v) is 15.2. The van der Waals surface area contributed by atoms with Crippen LogP contribution in [0.25, 0.3) is 0 Å². The zero-order valence-electron chi connectivity index (χ0n) is 14.4. The molecular formula is C22H17ClN2O2. The molecule has 4 rings (SSSR count). The standard InChI is InChI=1S/C22H17ClN2O2/c23-17-10-6-11-18(14-17)24-21(26)20-13-16-9-4-5-12-19(16)25(20)22(27)15-7-2-1-3-8-15/h1-12,14,20H,13H2,(H,24,26)/t20-/m0/s1. The highest BCUT2D eigenvalue weighted by atomic mass is 35.5. The van der Waals surface area contributed by atoms with E-state index in [1.807, 2.05) is 42.5 Å². The average Bonchev–Trinajstić information content (AvgIpc) is 3.08. The van der Waals surface area contributed by atoms with Crippen LogP contribution in [0.2, 0.25) is 5.02 Å². The minimum absolute atomic E-state index is 0.188. The first-order chi connectivity index (χ1) is 13.1. The van der Waals surface area contributed by atoms with Crippen LogP contribution in [-0.4, -0.2) is 17.9 Å². The number of halogens is 1. The number of carbonyl (C=O) groups excluding carboxylic acids is 2. The number of amides is 2. The number of rotatable bonds is 3. The molecule has 0 fully saturated rings. The van der Waals surface area contributed by atoms with Crippen molar-refractivity contribution in [2.24, 2.45) is 0 Å². The van der Waals surface area contributed by atoms with Crippen molar-refractivity contribution in [2.45, 2.75) is 12.5 Å². The highest BCUT2D eigenvalue weighted by Gasteiger charge is 2.38. The van der Waals surface area contributed by atoms with E-state index in [0.717, 1.165) is 11.3 Å². The third-order valence-corrected chi connectivity index (χ3v) is 4.85. The fourth-order valence-electron chi connectivity index (χ4n) is 3.36. The van der Waals surface area contributed by atoms with E-state index in [-0.39, 0.29) is 11.8 Å². The normalized spacial score (nSPS) is 15.3. The van der Waals surface area contributed by atoms with Crippen molar-refractivity contribution in [3.8, 4) is 0 Å². The zero-order chi connectivity index (χ0) is 18.8. The number of benzene rings is 3. The summed E-state index contributed by atoms with van der Waals surface area (Å²) in [5.41, 5.74) is 2.91. The number of nitrogens with one attached hydrogen (secondary N) is 1. The van der Waals surface area contributed by atoms with Gasteiger partial charge in [0.25, 0.3) is 5.91 Å². The van der Waals surface area contributed by atoms with Gasteiger partial charge in [-0.1, -0.05) is 54.1 Å². The molecule has 1 atom stereocenters. The van der Waals surface area contributed by atoms with E-state index >= 15 is 0 Å². The topological polar surface area (TPSA) is 49.4 Å². The molecule has 1 aliphatic rings. The first-order valence-electron chi connectivity index (χ1n) is 8.66. The van der Waals surface area contributed by atoms with Gasteiger partial charge in [-0.05, 0) is 42.0 Å². The van der Waals surface area contributed by atoms with Gasteiger partial charge in [-0.3, -0.25) is 14.5 Å². The van der Waals surface area contributed by atoms with Crippen LogP contribution < -0.4 is 10.2 Å². The Morgan fingerprint density at radius 3 is 2.44 bits per heavy atom. The van der Waals surface area contributed by atoms with Gasteiger partial charge in [0.05, 0.1) is 0 Å². The third kappa shape index (κ3) is 3.44. The molecule has 134 valence electrons. The Balaban J connectivity index is 1.66. The molecule has 4 nitrogen and oxygen atoms in total. The lowest BCUT2D eigenvalue weighted by Gasteiger charge is -2.25. The van der Waals surface area contributed by atoms with Gasteiger partial charge < -0.3 is 5.32 Å². The number of anilines is 2. The molecular weight excluding hydrogens is 360 g/mol. The van der Waals surface area contributed by atoms with E-state index in [0.29, 0.717) is 22.7 Å². The Hall–Kier alpha value is -3.11. The van der Waals surface area contributed by atoms with Crippen molar-refractivity contribution < 1.29 is 9.59 Å². The predicted octanol–water partition coefficient (Wildman–Crippen LogP) is 4.55. The van der Waals surface area contributed by atoms with Crippen molar-refractivity contribution in [1.29, 1.82) is 0 Å². The van der Waals surface area contributed by atoms with Gasteiger partial charge in [0.1, 0.15) is 6.04 Å². The van der Waals surface area contributed by atoms with Crippen LogP contribution in [0.4, 0.5) is 11.4 Å². The predicted molar refractivity (Wildman–Crippen MR) is 107 cm³/mol. The minimum atomic E-state index is -0.617. The van der Waals surface area contributed by atoms with Crippen LogP contribution >= 0.6 is 11.6 Å². The second-order valence-electron chi connectivity index (χ2n) is 6.39. The van der Waals surface area contributed by atoms with Crippen molar-refractivity contribution in [3.05, 3.63) is 95.0 Å². The Morgan fingerprint density at radius 2 is 1.67 bits per heavy atom. The first-order valence-corrected chi connectivity index (χ1v) is 9.04. The van der Waals surface area contributed by atoms with Crippen LogP contribution in [0.5, 0.6) is 0 Å². The van der Waals surface area contributed by atoms with E-state index in [9.17, 15) is 9.59 Å². The molecule has 0 spiro atoms. The number of nitrogens with zero attached hydrogens (tertiary/aromatic N) is 1. The molecule has 5 heteroatoms. The van der Waals surface area contributed by atoms with Crippen molar-refractivity contribution in [1.82, 2.24) is 0 Å². The maximum atomic E-state index is 13.2. The van der Waals surface area contributed by atoms with Gasteiger partial charge in [0.15, 0.2) is 0 Å². The van der Waals surface area contributed by atoms with Crippen LogP contribution in [0.15, 0.2) is 78.9 Å². The van der Waals surface area contributed by atoms with Gasteiger partial charge in [0, 0.05) is 28.4 Å². The Labute approximate surface area is 162 Å². The molecule has 1 N–H and O–H groups in total. The quantitative estimate of drug-likeness (QED) is 0.729. The summed E-state index contributed by atoms with van der Waals surface area (Å²) >= 11 is 6.00. The fourth-order valence-corrected chi connectivity index (χ4v) is 3.55. The number of carbonyl (C=O) groups is 2. The molecule has 0 saturated heterocycles. The highest BCUT2D eigenvalue weighted by molar-refractivity contribution is 6.31. The van der Waals surface area contributed by atoms with Gasteiger partial charge in [-0.25, -0.2) is 0 Å². The second kappa shape index (κ2) is 7.25. The van der Waals surface area contributed by atoms with Gasteiger partial charge in [0.2, 0.25) is 5.91 Å². The first kappa shape index (κ1) is 17.3. The molecule has 1 heterocycles. The van der Waals surface area contributed by atoms with Crippen LogP contribution in [0.3, 0.4) is 0 Å². The lowest BCUT2D eigenvalue weighted by molar-refractivity contribution is -0.117.